The Morgan fingerprint density at radius 3 is 2.94 bits per heavy atom. The number of rotatable bonds is 4. The van der Waals surface area contributed by atoms with Gasteiger partial charge in [0.2, 0.25) is 0 Å². The van der Waals surface area contributed by atoms with Crippen molar-refractivity contribution in [2.75, 3.05) is 19.6 Å². The lowest BCUT2D eigenvalue weighted by Crippen LogP contribution is -2.48. The lowest BCUT2D eigenvalue weighted by atomic mass is 10.1. The van der Waals surface area contributed by atoms with Gasteiger partial charge in [0.15, 0.2) is 0 Å². The maximum atomic E-state index is 5.20. The van der Waals surface area contributed by atoms with E-state index < -0.39 is 0 Å². The Bertz CT molecular complexity index is 527. The van der Waals surface area contributed by atoms with Crippen LogP contribution in [0.2, 0.25) is 0 Å². The third-order valence-corrected chi connectivity index (χ3v) is 3.64. The lowest BCUT2D eigenvalue weighted by Gasteiger charge is -2.39. The van der Waals surface area contributed by atoms with E-state index in [0.717, 1.165) is 42.0 Å². The first kappa shape index (κ1) is 11.9. The van der Waals surface area contributed by atoms with Crippen LogP contribution in [0.3, 0.4) is 0 Å². The average molecular weight is 311 g/mol. The van der Waals surface area contributed by atoms with Gasteiger partial charge < -0.3 is 4.52 Å². The third-order valence-electron chi connectivity index (χ3n) is 3.23. The van der Waals surface area contributed by atoms with Crippen molar-refractivity contribution in [3.8, 4) is 0 Å². The van der Waals surface area contributed by atoms with Gasteiger partial charge in [-0.05, 0) is 22.9 Å². The molecule has 0 spiro atoms. The van der Waals surface area contributed by atoms with Crippen molar-refractivity contribution in [1.29, 1.82) is 0 Å². The Labute approximate surface area is 114 Å². The molecule has 2 aromatic rings. The van der Waals surface area contributed by atoms with Gasteiger partial charge in [-0.25, -0.2) is 0 Å². The zero-order valence-corrected chi connectivity index (χ0v) is 11.8. The summed E-state index contributed by atoms with van der Waals surface area (Å²) in [5.41, 5.74) is 0.952. The van der Waals surface area contributed by atoms with E-state index in [4.69, 9.17) is 4.52 Å². The molecule has 3 rings (SSSR count). The zero-order valence-electron chi connectivity index (χ0n) is 10.2. The molecule has 0 radical (unpaired) electrons. The molecule has 5 nitrogen and oxygen atoms in total. The van der Waals surface area contributed by atoms with Gasteiger partial charge in [0.05, 0.1) is 22.4 Å². The highest BCUT2D eigenvalue weighted by Gasteiger charge is 2.28. The van der Waals surface area contributed by atoms with E-state index in [-0.39, 0.29) is 0 Å². The van der Waals surface area contributed by atoms with E-state index in [0.29, 0.717) is 6.04 Å². The molecular weight excluding hydrogens is 296 g/mol. The summed E-state index contributed by atoms with van der Waals surface area (Å²) in [7, 11) is 0. The van der Waals surface area contributed by atoms with Crippen LogP contribution in [0.1, 0.15) is 17.5 Å². The number of hydrogen-bond acceptors (Lipinski definition) is 4. The zero-order chi connectivity index (χ0) is 12.5. The molecule has 1 aliphatic heterocycles. The summed E-state index contributed by atoms with van der Waals surface area (Å²) in [6.07, 6.45) is 4.79. The molecule has 0 aliphatic carbocycles. The molecule has 0 saturated carbocycles. The monoisotopic (exact) mass is 310 g/mol. The van der Waals surface area contributed by atoms with Gasteiger partial charge in [-0.2, -0.15) is 5.10 Å². The van der Waals surface area contributed by atoms with Crippen LogP contribution in [0.4, 0.5) is 0 Å². The van der Waals surface area contributed by atoms with Crippen LogP contribution in [0.5, 0.6) is 0 Å². The van der Waals surface area contributed by atoms with Gasteiger partial charge in [0.1, 0.15) is 5.76 Å². The number of halogens is 1. The molecule has 0 aromatic carbocycles. The standard InChI is InChI=1S/C12H15BrN4O/c1-9-4-12(18-15-9)2-3-16-7-11(8-16)17-6-10(13)5-14-17/h4-6,11H,2-3,7-8H2,1H3. The fourth-order valence-corrected chi connectivity index (χ4v) is 2.51. The van der Waals surface area contributed by atoms with Crippen molar-refractivity contribution in [3.05, 3.63) is 34.4 Å². The van der Waals surface area contributed by atoms with Gasteiger partial charge in [-0.1, -0.05) is 5.16 Å². The molecule has 2 aromatic heterocycles. The summed E-state index contributed by atoms with van der Waals surface area (Å²) in [5, 5.41) is 8.20. The van der Waals surface area contributed by atoms with E-state index in [9.17, 15) is 0 Å². The van der Waals surface area contributed by atoms with Crippen LogP contribution >= 0.6 is 15.9 Å². The van der Waals surface area contributed by atoms with Gasteiger partial charge in [0.25, 0.3) is 0 Å². The van der Waals surface area contributed by atoms with Crippen LogP contribution < -0.4 is 0 Å². The third kappa shape index (κ3) is 2.49. The van der Waals surface area contributed by atoms with E-state index in [1.54, 1.807) is 0 Å². The summed E-state index contributed by atoms with van der Waals surface area (Å²) in [6, 6.07) is 2.51. The molecule has 3 heterocycles. The normalized spacial score (nSPS) is 17.0. The molecule has 96 valence electrons. The summed E-state index contributed by atoms with van der Waals surface area (Å²) in [6.45, 7) is 5.08. The SMILES string of the molecule is Cc1cc(CCN2CC(n3cc(Br)cn3)C2)on1. The van der Waals surface area contributed by atoms with Crippen LogP contribution in [0.15, 0.2) is 27.5 Å². The van der Waals surface area contributed by atoms with E-state index >= 15 is 0 Å². The summed E-state index contributed by atoms with van der Waals surface area (Å²) < 4.78 is 8.26. The molecule has 1 aliphatic rings. The highest BCUT2D eigenvalue weighted by atomic mass is 79.9. The molecule has 0 N–H and O–H groups in total. The predicted octanol–water partition coefficient (Wildman–Crippen LogP) is 2.04. The maximum Gasteiger partial charge on any atom is 0.138 e. The van der Waals surface area contributed by atoms with Crippen molar-refractivity contribution in [1.82, 2.24) is 19.8 Å². The Kier molecular flexibility index (Phi) is 3.22. The van der Waals surface area contributed by atoms with Crippen molar-refractivity contribution in [3.63, 3.8) is 0 Å². The smallest absolute Gasteiger partial charge is 0.138 e. The molecule has 0 bridgehead atoms. The number of hydrogen-bond donors (Lipinski definition) is 0. The van der Waals surface area contributed by atoms with Crippen molar-refractivity contribution in [2.45, 2.75) is 19.4 Å². The van der Waals surface area contributed by atoms with E-state index in [1.165, 1.54) is 0 Å². The van der Waals surface area contributed by atoms with Crippen LogP contribution in [-0.4, -0.2) is 39.5 Å². The summed E-state index contributed by atoms with van der Waals surface area (Å²) >= 11 is 3.42. The second-order valence-corrected chi connectivity index (χ2v) is 5.65. The first-order chi connectivity index (χ1) is 8.70. The van der Waals surface area contributed by atoms with E-state index in [2.05, 4.69) is 31.1 Å². The molecule has 1 fully saturated rings. The fraction of sp³-hybridized carbons (Fsp3) is 0.500. The molecule has 18 heavy (non-hydrogen) atoms. The fourth-order valence-electron chi connectivity index (χ4n) is 2.21. The van der Waals surface area contributed by atoms with Gasteiger partial charge >= 0.3 is 0 Å². The number of aryl methyl sites for hydroxylation is 1. The second kappa shape index (κ2) is 4.85. The first-order valence-electron chi connectivity index (χ1n) is 6.05. The van der Waals surface area contributed by atoms with Crippen LogP contribution in [-0.2, 0) is 6.42 Å². The Morgan fingerprint density at radius 1 is 1.50 bits per heavy atom. The second-order valence-electron chi connectivity index (χ2n) is 4.74. The Balaban J connectivity index is 1.45. The lowest BCUT2D eigenvalue weighted by molar-refractivity contribution is 0.0978. The minimum Gasteiger partial charge on any atom is -0.361 e. The maximum absolute atomic E-state index is 5.20. The predicted molar refractivity (Wildman–Crippen MR) is 70.3 cm³/mol. The van der Waals surface area contributed by atoms with Gasteiger partial charge in [-0.15, -0.1) is 0 Å². The first-order valence-corrected chi connectivity index (χ1v) is 6.84. The molecule has 0 unspecified atom stereocenters. The topological polar surface area (TPSA) is 47.1 Å². The highest BCUT2D eigenvalue weighted by Crippen LogP contribution is 2.22. The number of aromatic nitrogens is 3. The van der Waals surface area contributed by atoms with Crippen LogP contribution in [0, 0.1) is 6.92 Å². The minimum absolute atomic E-state index is 0.507. The highest BCUT2D eigenvalue weighted by molar-refractivity contribution is 9.10. The summed E-state index contributed by atoms with van der Waals surface area (Å²) in [4.78, 5) is 2.40. The van der Waals surface area contributed by atoms with Gasteiger partial charge in [-0.3, -0.25) is 9.58 Å². The quantitative estimate of drug-likeness (QED) is 0.867. The van der Waals surface area contributed by atoms with Gasteiger partial charge in [0, 0.05) is 38.3 Å². The molecule has 0 amide bonds. The van der Waals surface area contributed by atoms with E-state index in [1.807, 2.05) is 30.1 Å². The molecular formula is C12H15BrN4O. The molecule has 0 atom stereocenters. The summed E-state index contributed by atoms with van der Waals surface area (Å²) in [5.74, 6) is 0.970. The van der Waals surface area contributed by atoms with Crippen molar-refractivity contribution < 1.29 is 4.52 Å². The van der Waals surface area contributed by atoms with Crippen LogP contribution in [0.25, 0.3) is 0 Å². The number of nitrogens with zero attached hydrogens (tertiary/aromatic N) is 4. The Morgan fingerprint density at radius 2 is 2.33 bits per heavy atom. The molecule has 6 heteroatoms. The van der Waals surface area contributed by atoms with Crippen molar-refractivity contribution in [2.24, 2.45) is 0 Å². The Hall–Kier alpha value is -1.14. The average Bonchev–Trinajstić information content (AvgIpc) is 2.86. The molecule has 1 saturated heterocycles. The largest absolute Gasteiger partial charge is 0.361 e. The van der Waals surface area contributed by atoms with Crippen molar-refractivity contribution >= 4 is 15.9 Å². The minimum atomic E-state index is 0.507. The number of likely N-dealkylation sites (tertiary alicyclic amines) is 1.